The number of furan rings is 1. The van der Waals surface area contributed by atoms with E-state index < -0.39 is 5.91 Å². The molecule has 1 saturated heterocycles. The standard InChI is InChI=1S/C19H21N5O3/c1-11-6-12(2)9-23(8-11)19(26)14-7-13(15-4-3-5-27-15)22-18-16(17(20)25)21-10-24(14)18/h3-5,7,10-12H,6,8-9H2,1-2H3,(H2,20,25)/t11-,12-/m0/s1. The average Bonchev–Trinajstić information content (AvgIpc) is 3.28. The molecule has 2 amide bonds. The van der Waals surface area contributed by atoms with Crippen molar-refractivity contribution in [3.05, 3.63) is 42.2 Å². The first-order valence-corrected chi connectivity index (χ1v) is 8.95. The van der Waals surface area contributed by atoms with Crippen LogP contribution in [0.1, 0.15) is 41.2 Å². The van der Waals surface area contributed by atoms with Gasteiger partial charge in [-0.25, -0.2) is 9.97 Å². The molecule has 140 valence electrons. The average molecular weight is 367 g/mol. The second kappa shape index (κ2) is 6.53. The molecule has 0 aromatic carbocycles. The molecule has 3 aromatic heterocycles. The van der Waals surface area contributed by atoms with Gasteiger partial charge in [-0.3, -0.25) is 14.0 Å². The number of amides is 2. The second-order valence-corrected chi connectivity index (χ2v) is 7.31. The number of piperidine rings is 1. The Bertz CT molecular complexity index is 998. The van der Waals surface area contributed by atoms with Gasteiger partial charge in [0.25, 0.3) is 11.8 Å². The minimum atomic E-state index is -0.694. The molecule has 3 aromatic rings. The van der Waals surface area contributed by atoms with E-state index in [1.807, 2.05) is 4.90 Å². The van der Waals surface area contributed by atoms with Crippen molar-refractivity contribution in [2.75, 3.05) is 13.1 Å². The molecule has 0 unspecified atom stereocenters. The van der Waals surface area contributed by atoms with Crippen molar-refractivity contribution in [2.24, 2.45) is 17.6 Å². The molecule has 8 heteroatoms. The third kappa shape index (κ3) is 3.07. The van der Waals surface area contributed by atoms with E-state index >= 15 is 0 Å². The highest BCUT2D eigenvalue weighted by Crippen LogP contribution is 2.26. The van der Waals surface area contributed by atoms with Crippen LogP contribution in [-0.4, -0.2) is 44.2 Å². The Morgan fingerprint density at radius 2 is 2.00 bits per heavy atom. The molecule has 0 bridgehead atoms. The molecule has 0 radical (unpaired) electrons. The quantitative estimate of drug-likeness (QED) is 0.764. The summed E-state index contributed by atoms with van der Waals surface area (Å²) in [4.78, 5) is 35.4. The van der Waals surface area contributed by atoms with E-state index in [9.17, 15) is 9.59 Å². The van der Waals surface area contributed by atoms with Gasteiger partial charge in [-0.2, -0.15) is 0 Å². The van der Waals surface area contributed by atoms with Crippen LogP contribution < -0.4 is 5.73 Å². The minimum Gasteiger partial charge on any atom is -0.463 e. The number of carbonyl (C=O) groups is 2. The van der Waals surface area contributed by atoms with E-state index in [4.69, 9.17) is 10.2 Å². The number of hydrogen-bond acceptors (Lipinski definition) is 5. The summed E-state index contributed by atoms with van der Waals surface area (Å²) in [7, 11) is 0. The first-order chi connectivity index (χ1) is 12.9. The number of likely N-dealkylation sites (tertiary alicyclic amines) is 1. The molecule has 4 rings (SSSR count). The van der Waals surface area contributed by atoms with Gasteiger partial charge in [-0.15, -0.1) is 0 Å². The number of aromatic nitrogens is 3. The summed E-state index contributed by atoms with van der Waals surface area (Å²) in [6, 6.07) is 5.16. The zero-order valence-electron chi connectivity index (χ0n) is 15.3. The summed E-state index contributed by atoms with van der Waals surface area (Å²) in [6.07, 6.45) is 4.05. The third-order valence-corrected chi connectivity index (χ3v) is 4.88. The van der Waals surface area contributed by atoms with Crippen LogP contribution in [0, 0.1) is 11.8 Å². The molecule has 0 spiro atoms. The van der Waals surface area contributed by atoms with Crippen LogP contribution in [0.25, 0.3) is 17.1 Å². The lowest BCUT2D eigenvalue weighted by Gasteiger charge is -2.35. The lowest BCUT2D eigenvalue weighted by Crippen LogP contribution is -2.43. The van der Waals surface area contributed by atoms with E-state index in [-0.39, 0.29) is 17.2 Å². The van der Waals surface area contributed by atoms with Gasteiger partial charge < -0.3 is 15.1 Å². The zero-order valence-corrected chi connectivity index (χ0v) is 15.3. The van der Waals surface area contributed by atoms with E-state index in [1.54, 1.807) is 18.2 Å². The van der Waals surface area contributed by atoms with Crippen molar-refractivity contribution >= 4 is 17.5 Å². The zero-order chi connectivity index (χ0) is 19.1. The highest BCUT2D eigenvalue weighted by Gasteiger charge is 2.29. The Balaban J connectivity index is 1.86. The summed E-state index contributed by atoms with van der Waals surface area (Å²) in [5.41, 5.74) is 6.54. The number of hydrogen-bond donors (Lipinski definition) is 1. The van der Waals surface area contributed by atoms with Gasteiger partial charge in [0.1, 0.15) is 17.7 Å². The van der Waals surface area contributed by atoms with Gasteiger partial charge in [-0.05, 0) is 36.5 Å². The fourth-order valence-corrected chi connectivity index (χ4v) is 3.85. The van der Waals surface area contributed by atoms with Crippen LogP contribution >= 0.6 is 0 Å². The van der Waals surface area contributed by atoms with Crippen LogP contribution in [-0.2, 0) is 0 Å². The predicted molar refractivity (Wildman–Crippen MR) is 98.1 cm³/mol. The Hall–Kier alpha value is -3.16. The van der Waals surface area contributed by atoms with E-state index in [2.05, 4.69) is 23.8 Å². The molecule has 0 aliphatic carbocycles. The SMILES string of the molecule is C[C@H]1C[C@H](C)CN(C(=O)c2cc(-c3ccco3)nc3c(C(N)=O)ncn23)C1. The fourth-order valence-electron chi connectivity index (χ4n) is 3.85. The maximum absolute atomic E-state index is 13.3. The van der Waals surface area contributed by atoms with E-state index in [0.717, 1.165) is 6.42 Å². The van der Waals surface area contributed by atoms with Crippen LogP contribution in [0.2, 0.25) is 0 Å². The van der Waals surface area contributed by atoms with Crippen LogP contribution in [0.4, 0.5) is 0 Å². The first-order valence-electron chi connectivity index (χ1n) is 8.95. The number of primary amides is 1. The molecule has 0 saturated carbocycles. The summed E-state index contributed by atoms with van der Waals surface area (Å²) in [5.74, 6) is 0.554. The Labute approximate surface area is 156 Å². The summed E-state index contributed by atoms with van der Waals surface area (Å²) >= 11 is 0. The number of imidazole rings is 1. The fraction of sp³-hybridized carbons (Fsp3) is 0.368. The lowest BCUT2D eigenvalue weighted by molar-refractivity contribution is 0.0615. The molecule has 1 fully saturated rings. The maximum atomic E-state index is 13.3. The van der Waals surface area contributed by atoms with Gasteiger partial charge >= 0.3 is 0 Å². The molecule has 27 heavy (non-hydrogen) atoms. The number of fused-ring (bicyclic) bond motifs is 1. The van der Waals surface area contributed by atoms with Gasteiger partial charge in [0, 0.05) is 13.1 Å². The molecule has 2 atom stereocenters. The smallest absolute Gasteiger partial charge is 0.271 e. The van der Waals surface area contributed by atoms with Crippen LogP contribution in [0.3, 0.4) is 0 Å². The molecule has 1 aliphatic rings. The van der Waals surface area contributed by atoms with Gasteiger partial charge in [0.15, 0.2) is 17.1 Å². The van der Waals surface area contributed by atoms with Gasteiger partial charge in [0.2, 0.25) is 0 Å². The number of carbonyl (C=O) groups excluding carboxylic acids is 2. The van der Waals surface area contributed by atoms with Crippen LogP contribution in [0.5, 0.6) is 0 Å². The maximum Gasteiger partial charge on any atom is 0.271 e. The monoisotopic (exact) mass is 367 g/mol. The number of rotatable bonds is 3. The van der Waals surface area contributed by atoms with Crippen molar-refractivity contribution in [1.82, 2.24) is 19.3 Å². The first kappa shape index (κ1) is 17.3. The summed E-state index contributed by atoms with van der Waals surface area (Å²) in [5, 5.41) is 0. The van der Waals surface area contributed by atoms with E-state index in [1.165, 1.54) is 17.0 Å². The Kier molecular flexibility index (Phi) is 4.18. The molecule has 4 heterocycles. The Morgan fingerprint density at radius 3 is 2.63 bits per heavy atom. The molecular formula is C19H21N5O3. The van der Waals surface area contributed by atoms with E-state index in [0.29, 0.717) is 42.1 Å². The Morgan fingerprint density at radius 1 is 1.26 bits per heavy atom. The van der Waals surface area contributed by atoms with Crippen molar-refractivity contribution < 1.29 is 14.0 Å². The van der Waals surface area contributed by atoms with Crippen molar-refractivity contribution in [3.63, 3.8) is 0 Å². The normalized spacial score (nSPS) is 20.1. The number of nitrogens with two attached hydrogens (primary N) is 1. The largest absolute Gasteiger partial charge is 0.463 e. The summed E-state index contributed by atoms with van der Waals surface area (Å²) < 4.78 is 6.95. The number of nitrogens with zero attached hydrogens (tertiary/aromatic N) is 4. The lowest BCUT2D eigenvalue weighted by atomic mass is 9.91. The van der Waals surface area contributed by atoms with Crippen molar-refractivity contribution in [3.8, 4) is 11.5 Å². The molecular weight excluding hydrogens is 346 g/mol. The highest BCUT2D eigenvalue weighted by atomic mass is 16.3. The molecule has 2 N–H and O–H groups in total. The highest BCUT2D eigenvalue weighted by molar-refractivity contribution is 5.99. The third-order valence-electron chi connectivity index (χ3n) is 4.88. The van der Waals surface area contributed by atoms with Crippen LogP contribution in [0.15, 0.2) is 35.2 Å². The van der Waals surface area contributed by atoms with Crippen molar-refractivity contribution in [2.45, 2.75) is 20.3 Å². The van der Waals surface area contributed by atoms with Gasteiger partial charge in [-0.1, -0.05) is 13.8 Å². The second-order valence-electron chi connectivity index (χ2n) is 7.31. The molecule has 1 aliphatic heterocycles. The van der Waals surface area contributed by atoms with Gasteiger partial charge in [0.05, 0.1) is 6.26 Å². The topological polar surface area (TPSA) is 107 Å². The predicted octanol–water partition coefficient (Wildman–Crippen LogP) is 2.21. The minimum absolute atomic E-state index is 0.0258. The molecule has 8 nitrogen and oxygen atoms in total. The summed E-state index contributed by atoms with van der Waals surface area (Å²) in [6.45, 7) is 5.68. The van der Waals surface area contributed by atoms with Crippen molar-refractivity contribution in [1.29, 1.82) is 0 Å².